The van der Waals surface area contributed by atoms with E-state index in [4.69, 9.17) is 0 Å². The fourth-order valence-corrected chi connectivity index (χ4v) is 1.61. The van der Waals surface area contributed by atoms with Gasteiger partial charge in [-0.15, -0.1) is 8.78 Å². The van der Waals surface area contributed by atoms with Crippen LogP contribution in [0.2, 0.25) is 0 Å². The first-order chi connectivity index (χ1) is 6.89. The average Bonchev–Trinajstić information content (AvgIpc) is 2.39. The Balaban J connectivity index is 2.51. The highest BCUT2D eigenvalue weighted by Gasteiger charge is 2.45. The van der Waals surface area contributed by atoms with Crippen LogP contribution >= 0.6 is 15.9 Å². The van der Waals surface area contributed by atoms with Gasteiger partial charge in [0.25, 0.3) is 5.69 Å². The molecule has 2 rings (SSSR count). The van der Waals surface area contributed by atoms with Gasteiger partial charge in [-0.1, -0.05) is 0 Å². The molecule has 0 atom stereocenters. The van der Waals surface area contributed by atoms with E-state index in [2.05, 4.69) is 25.4 Å². The van der Waals surface area contributed by atoms with Crippen LogP contribution in [0.3, 0.4) is 0 Å². The summed E-state index contributed by atoms with van der Waals surface area (Å²) in [6.07, 6.45) is -3.78. The lowest BCUT2D eigenvalue weighted by atomic mass is 10.3. The standard InChI is InChI=1S/C7H2BrF2NO4/c8-4-1-3(11(12)13)2-5-6(4)15-7(9,10)14-5/h1-2H. The molecule has 1 aliphatic heterocycles. The second kappa shape index (κ2) is 3.02. The number of hydrogen-bond donors (Lipinski definition) is 0. The van der Waals surface area contributed by atoms with Crippen LogP contribution in [0, 0.1) is 10.1 Å². The van der Waals surface area contributed by atoms with Gasteiger partial charge in [0, 0.05) is 6.07 Å². The van der Waals surface area contributed by atoms with Gasteiger partial charge in [0.15, 0.2) is 11.5 Å². The molecule has 0 aliphatic carbocycles. The topological polar surface area (TPSA) is 61.6 Å². The Morgan fingerprint density at radius 3 is 2.67 bits per heavy atom. The van der Waals surface area contributed by atoms with Crippen molar-refractivity contribution in [2.45, 2.75) is 6.29 Å². The number of hydrogen-bond acceptors (Lipinski definition) is 4. The van der Waals surface area contributed by atoms with Crippen LogP contribution in [0.15, 0.2) is 16.6 Å². The van der Waals surface area contributed by atoms with Crippen molar-refractivity contribution in [1.29, 1.82) is 0 Å². The molecule has 5 nitrogen and oxygen atoms in total. The lowest BCUT2D eigenvalue weighted by molar-refractivity contribution is -0.385. The molecule has 1 heterocycles. The maximum Gasteiger partial charge on any atom is 0.586 e. The third-order valence-electron chi connectivity index (χ3n) is 1.65. The second-order valence-corrected chi connectivity index (χ2v) is 3.53. The molecule has 0 fully saturated rings. The van der Waals surface area contributed by atoms with Crippen molar-refractivity contribution >= 4 is 21.6 Å². The van der Waals surface area contributed by atoms with Gasteiger partial charge >= 0.3 is 6.29 Å². The molecule has 0 saturated heterocycles. The summed E-state index contributed by atoms with van der Waals surface area (Å²) in [5.74, 6) is -0.605. The SMILES string of the molecule is O=[N+]([O-])c1cc(Br)c2c(c1)OC(F)(F)O2. The first-order valence-corrected chi connectivity index (χ1v) is 4.42. The summed E-state index contributed by atoms with van der Waals surface area (Å²) in [5, 5.41) is 10.4. The van der Waals surface area contributed by atoms with Crippen LogP contribution in [0.4, 0.5) is 14.5 Å². The normalized spacial score (nSPS) is 16.5. The number of non-ortho nitro benzene ring substituents is 1. The Hall–Kier alpha value is -1.44. The number of ether oxygens (including phenoxy) is 2. The van der Waals surface area contributed by atoms with Crippen molar-refractivity contribution in [3.63, 3.8) is 0 Å². The minimum Gasteiger partial charge on any atom is -0.395 e. The highest BCUT2D eigenvalue weighted by atomic mass is 79.9. The first kappa shape index (κ1) is 10.1. The van der Waals surface area contributed by atoms with Crippen LogP contribution in [0.5, 0.6) is 11.5 Å². The van der Waals surface area contributed by atoms with E-state index < -0.39 is 11.2 Å². The number of nitro benzene ring substituents is 1. The monoisotopic (exact) mass is 281 g/mol. The number of nitrogens with zero attached hydrogens (tertiary/aromatic N) is 1. The summed E-state index contributed by atoms with van der Waals surface area (Å²) in [6, 6.07) is 1.94. The van der Waals surface area contributed by atoms with Crippen molar-refractivity contribution < 1.29 is 23.2 Å². The zero-order chi connectivity index (χ0) is 11.2. The predicted octanol–water partition coefficient (Wildman–Crippen LogP) is 2.68. The molecule has 0 bridgehead atoms. The van der Waals surface area contributed by atoms with Crippen LogP contribution in [-0.4, -0.2) is 11.2 Å². The summed E-state index contributed by atoms with van der Waals surface area (Å²) in [7, 11) is 0. The Morgan fingerprint density at radius 1 is 1.40 bits per heavy atom. The minimum absolute atomic E-state index is 0.0453. The van der Waals surface area contributed by atoms with Gasteiger partial charge < -0.3 is 9.47 Å². The summed E-state index contributed by atoms with van der Waals surface area (Å²) in [4.78, 5) is 9.70. The van der Waals surface area contributed by atoms with Crippen LogP contribution in [0.25, 0.3) is 0 Å². The second-order valence-electron chi connectivity index (χ2n) is 2.68. The smallest absolute Gasteiger partial charge is 0.395 e. The van der Waals surface area contributed by atoms with Crippen molar-refractivity contribution in [2.24, 2.45) is 0 Å². The Labute approximate surface area is 89.9 Å². The number of fused-ring (bicyclic) bond motifs is 1. The van der Waals surface area contributed by atoms with Crippen molar-refractivity contribution in [3.05, 3.63) is 26.7 Å². The molecule has 15 heavy (non-hydrogen) atoms. The number of nitro groups is 1. The molecule has 1 aromatic carbocycles. The van der Waals surface area contributed by atoms with E-state index >= 15 is 0 Å². The maximum atomic E-state index is 12.6. The zero-order valence-corrected chi connectivity index (χ0v) is 8.45. The van der Waals surface area contributed by atoms with Crippen LogP contribution < -0.4 is 9.47 Å². The van der Waals surface area contributed by atoms with Gasteiger partial charge in [0.2, 0.25) is 0 Å². The van der Waals surface area contributed by atoms with Gasteiger partial charge in [0.1, 0.15) is 0 Å². The van der Waals surface area contributed by atoms with Gasteiger partial charge in [-0.3, -0.25) is 10.1 Å². The molecule has 0 N–H and O–H groups in total. The third kappa shape index (κ3) is 1.72. The lowest BCUT2D eigenvalue weighted by Crippen LogP contribution is -2.26. The van der Waals surface area contributed by atoms with E-state index in [-0.39, 0.29) is 21.7 Å². The van der Waals surface area contributed by atoms with E-state index in [0.29, 0.717) is 0 Å². The third-order valence-corrected chi connectivity index (χ3v) is 2.24. The summed E-state index contributed by atoms with van der Waals surface area (Å²) >= 11 is 2.88. The molecule has 8 heteroatoms. The quantitative estimate of drug-likeness (QED) is 0.587. The van der Waals surface area contributed by atoms with E-state index in [1.54, 1.807) is 0 Å². The fraction of sp³-hybridized carbons (Fsp3) is 0.143. The van der Waals surface area contributed by atoms with Crippen molar-refractivity contribution in [1.82, 2.24) is 0 Å². The fourth-order valence-electron chi connectivity index (χ4n) is 1.10. The van der Waals surface area contributed by atoms with Crippen molar-refractivity contribution in [3.8, 4) is 11.5 Å². The number of alkyl halides is 2. The average molecular weight is 282 g/mol. The minimum atomic E-state index is -3.78. The Morgan fingerprint density at radius 2 is 2.07 bits per heavy atom. The van der Waals surface area contributed by atoms with Crippen LogP contribution in [0.1, 0.15) is 0 Å². The molecule has 0 radical (unpaired) electrons. The molecule has 80 valence electrons. The van der Waals surface area contributed by atoms with E-state index in [0.717, 1.165) is 12.1 Å². The highest BCUT2D eigenvalue weighted by molar-refractivity contribution is 9.10. The molecule has 0 aromatic heterocycles. The Bertz CT molecular complexity index is 451. The zero-order valence-electron chi connectivity index (χ0n) is 6.87. The number of halogens is 3. The summed E-state index contributed by atoms with van der Waals surface area (Å²) in [6.45, 7) is 0. The maximum absolute atomic E-state index is 12.6. The lowest BCUT2D eigenvalue weighted by Gasteiger charge is -2.04. The molecular weight excluding hydrogens is 280 g/mol. The predicted molar refractivity (Wildman–Crippen MR) is 47.0 cm³/mol. The molecule has 0 saturated carbocycles. The molecule has 0 unspecified atom stereocenters. The summed E-state index contributed by atoms with van der Waals surface area (Å²) in [5.41, 5.74) is -0.359. The largest absolute Gasteiger partial charge is 0.586 e. The summed E-state index contributed by atoms with van der Waals surface area (Å²) < 4.78 is 33.5. The van der Waals surface area contributed by atoms with Crippen LogP contribution in [-0.2, 0) is 0 Å². The molecule has 1 aliphatic rings. The van der Waals surface area contributed by atoms with Gasteiger partial charge in [-0.25, -0.2) is 0 Å². The van der Waals surface area contributed by atoms with E-state index in [9.17, 15) is 18.9 Å². The molecular formula is C7H2BrF2NO4. The molecule has 0 spiro atoms. The number of rotatable bonds is 1. The molecule has 1 aromatic rings. The van der Waals surface area contributed by atoms with E-state index in [1.807, 2.05) is 0 Å². The Kier molecular flexibility index (Phi) is 2.03. The number of benzene rings is 1. The molecule has 0 amide bonds. The van der Waals surface area contributed by atoms with Gasteiger partial charge in [-0.05, 0) is 15.9 Å². The van der Waals surface area contributed by atoms with Gasteiger partial charge in [0.05, 0.1) is 15.5 Å². The van der Waals surface area contributed by atoms with E-state index in [1.165, 1.54) is 0 Å². The van der Waals surface area contributed by atoms with Crippen molar-refractivity contribution in [2.75, 3.05) is 0 Å². The first-order valence-electron chi connectivity index (χ1n) is 3.63. The van der Waals surface area contributed by atoms with Gasteiger partial charge in [-0.2, -0.15) is 0 Å². The highest BCUT2D eigenvalue weighted by Crippen LogP contribution is 2.47.